The van der Waals surface area contributed by atoms with E-state index in [4.69, 9.17) is 10.5 Å². The lowest BCUT2D eigenvalue weighted by molar-refractivity contribution is -0.135. The Kier molecular flexibility index (Phi) is 7.64. The van der Waals surface area contributed by atoms with Gasteiger partial charge in [-0.3, -0.25) is 4.79 Å². The molecule has 26 heavy (non-hydrogen) atoms. The number of hydrogen-bond acceptors (Lipinski definition) is 3. The standard InChI is InChI=1S/C21H26N2O2.ClH/c22-16-21(11-13-25-14-12-21)20(24)23-15-19(17-7-3-1-4-8-17)18-9-5-2-6-10-18;/h1-10,19H,11-16,22H2,(H,23,24);1H. The van der Waals surface area contributed by atoms with E-state index in [2.05, 4.69) is 29.6 Å². The van der Waals surface area contributed by atoms with Crippen molar-refractivity contribution in [3.05, 3.63) is 71.8 Å². The summed E-state index contributed by atoms with van der Waals surface area (Å²) in [5.74, 6) is 0.177. The van der Waals surface area contributed by atoms with Gasteiger partial charge in [-0.2, -0.15) is 0 Å². The van der Waals surface area contributed by atoms with Gasteiger partial charge < -0.3 is 15.8 Å². The van der Waals surface area contributed by atoms with Crippen molar-refractivity contribution < 1.29 is 9.53 Å². The number of ether oxygens (including phenoxy) is 1. The molecule has 0 unspecified atom stereocenters. The highest BCUT2D eigenvalue weighted by atomic mass is 35.5. The van der Waals surface area contributed by atoms with E-state index in [0.29, 0.717) is 39.1 Å². The molecular formula is C21H27ClN2O2. The predicted octanol–water partition coefficient (Wildman–Crippen LogP) is 3.11. The lowest BCUT2D eigenvalue weighted by atomic mass is 9.79. The minimum absolute atomic E-state index is 0. The zero-order valence-corrected chi connectivity index (χ0v) is 15.7. The molecule has 4 nitrogen and oxygen atoms in total. The van der Waals surface area contributed by atoms with E-state index >= 15 is 0 Å². The normalized spacial score (nSPS) is 15.9. The lowest BCUT2D eigenvalue weighted by Crippen LogP contribution is -2.50. The van der Waals surface area contributed by atoms with Crippen LogP contribution in [0.2, 0.25) is 0 Å². The molecule has 1 saturated heterocycles. The van der Waals surface area contributed by atoms with Crippen LogP contribution in [0.25, 0.3) is 0 Å². The van der Waals surface area contributed by atoms with Crippen LogP contribution in [0.1, 0.15) is 29.9 Å². The summed E-state index contributed by atoms with van der Waals surface area (Å²) >= 11 is 0. The molecule has 0 spiro atoms. The average Bonchev–Trinajstić information content (AvgIpc) is 2.70. The Labute approximate surface area is 161 Å². The fourth-order valence-corrected chi connectivity index (χ4v) is 3.47. The first-order valence-corrected chi connectivity index (χ1v) is 8.91. The summed E-state index contributed by atoms with van der Waals surface area (Å²) in [4.78, 5) is 12.9. The molecule has 0 bridgehead atoms. The van der Waals surface area contributed by atoms with E-state index in [9.17, 15) is 4.79 Å². The van der Waals surface area contributed by atoms with Crippen LogP contribution in [0, 0.1) is 5.41 Å². The van der Waals surface area contributed by atoms with Crippen LogP contribution in [0.15, 0.2) is 60.7 Å². The van der Waals surface area contributed by atoms with E-state index in [1.807, 2.05) is 36.4 Å². The highest BCUT2D eigenvalue weighted by Crippen LogP contribution is 2.30. The molecule has 5 heteroatoms. The molecule has 0 atom stereocenters. The van der Waals surface area contributed by atoms with Gasteiger partial charge in [-0.1, -0.05) is 60.7 Å². The summed E-state index contributed by atoms with van der Waals surface area (Å²) in [5.41, 5.74) is 7.86. The fraction of sp³-hybridized carbons (Fsp3) is 0.381. The number of carbonyl (C=O) groups is 1. The van der Waals surface area contributed by atoms with Crippen molar-refractivity contribution in [2.45, 2.75) is 18.8 Å². The summed E-state index contributed by atoms with van der Waals surface area (Å²) in [7, 11) is 0. The molecule has 1 amide bonds. The molecule has 3 rings (SSSR count). The largest absolute Gasteiger partial charge is 0.381 e. The van der Waals surface area contributed by atoms with Crippen LogP contribution in [-0.4, -0.2) is 32.2 Å². The zero-order valence-electron chi connectivity index (χ0n) is 14.9. The Morgan fingerprint density at radius 3 is 1.96 bits per heavy atom. The second-order valence-electron chi connectivity index (χ2n) is 6.68. The van der Waals surface area contributed by atoms with Gasteiger partial charge >= 0.3 is 0 Å². The molecule has 140 valence electrons. The number of nitrogens with two attached hydrogens (primary N) is 1. The van der Waals surface area contributed by atoms with Gasteiger partial charge in [0.05, 0.1) is 5.41 Å². The number of amides is 1. The van der Waals surface area contributed by atoms with Crippen molar-refractivity contribution in [3.63, 3.8) is 0 Å². The van der Waals surface area contributed by atoms with Crippen molar-refractivity contribution in [1.82, 2.24) is 5.32 Å². The van der Waals surface area contributed by atoms with Gasteiger partial charge in [-0.05, 0) is 24.0 Å². The van der Waals surface area contributed by atoms with Gasteiger partial charge in [-0.25, -0.2) is 0 Å². The van der Waals surface area contributed by atoms with Gasteiger partial charge in [0.15, 0.2) is 0 Å². The monoisotopic (exact) mass is 374 g/mol. The van der Waals surface area contributed by atoms with Crippen LogP contribution in [0.4, 0.5) is 0 Å². The third-order valence-corrected chi connectivity index (χ3v) is 5.19. The van der Waals surface area contributed by atoms with Crippen LogP contribution in [-0.2, 0) is 9.53 Å². The van der Waals surface area contributed by atoms with E-state index in [-0.39, 0.29) is 24.2 Å². The van der Waals surface area contributed by atoms with Gasteiger partial charge in [0.2, 0.25) is 5.91 Å². The number of nitrogens with one attached hydrogen (secondary N) is 1. The number of halogens is 1. The quantitative estimate of drug-likeness (QED) is 0.816. The minimum atomic E-state index is -0.490. The summed E-state index contributed by atoms with van der Waals surface area (Å²) in [6, 6.07) is 20.6. The molecule has 3 N–H and O–H groups in total. The fourth-order valence-electron chi connectivity index (χ4n) is 3.47. The van der Waals surface area contributed by atoms with Gasteiger partial charge in [0, 0.05) is 32.2 Å². The van der Waals surface area contributed by atoms with Crippen LogP contribution in [0.5, 0.6) is 0 Å². The SMILES string of the molecule is Cl.NCC1(C(=O)NCC(c2ccccc2)c2ccccc2)CCOCC1. The maximum absolute atomic E-state index is 12.9. The second-order valence-corrected chi connectivity index (χ2v) is 6.68. The topological polar surface area (TPSA) is 64.4 Å². The first kappa shape index (κ1) is 20.4. The van der Waals surface area contributed by atoms with Crippen LogP contribution in [0.3, 0.4) is 0 Å². The molecule has 1 aliphatic rings. The van der Waals surface area contributed by atoms with Crippen LogP contribution < -0.4 is 11.1 Å². The van der Waals surface area contributed by atoms with Crippen molar-refractivity contribution in [2.75, 3.05) is 26.3 Å². The first-order chi connectivity index (χ1) is 12.2. The molecule has 2 aromatic rings. The third kappa shape index (κ3) is 4.64. The third-order valence-electron chi connectivity index (χ3n) is 5.19. The minimum Gasteiger partial charge on any atom is -0.381 e. The Morgan fingerprint density at radius 1 is 1.00 bits per heavy atom. The van der Waals surface area contributed by atoms with Crippen molar-refractivity contribution >= 4 is 18.3 Å². The molecule has 0 saturated carbocycles. The average molecular weight is 375 g/mol. The molecule has 2 aromatic carbocycles. The Morgan fingerprint density at radius 2 is 1.50 bits per heavy atom. The van der Waals surface area contributed by atoms with Gasteiger partial charge in [0.1, 0.15) is 0 Å². The summed E-state index contributed by atoms with van der Waals surface area (Å²) < 4.78 is 5.41. The molecule has 0 aliphatic carbocycles. The van der Waals surface area contributed by atoms with E-state index in [1.165, 1.54) is 11.1 Å². The molecule has 1 aliphatic heterocycles. The molecule has 0 aromatic heterocycles. The van der Waals surface area contributed by atoms with Crippen molar-refractivity contribution in [2.24, 2.45) is 11.1 Å². The smallest absolute Gasteiger partial charge is 0.227 e. The number of hydrogen-bond donors (Lipinski definition) is 2. The Hall–Kier alpha value is -1.88. The van der Waals surface area contributed by atoms with Crippen molar-refractivity contribution in [3.8, 4) is 0 Å². The summed E-state index contributed by atoms with van der Waals surface area (Å²) in [6.07, 6.45) is 1.38. The number of benzene rings is 2. The van der Waals surface area contributed by atoms with E-state index < -0.39 is 5.41 Å². The van der Waals surface area contributed by atoms with Crippen molar-refractivity contribution in [1.29, 1.82) is 0 Å². The highest BCUT2D eigenvalue weighted by molar-refractivity contribution is 5.85. The van der Waals surface area contributed by atoms with E-state index in [0.717, 1.165) is 0 Å². The molecule has 1 heterocycles. The Bertz CT molecular complexity index is 633. The second kappa shape index (κ2) is 9.72. The number of rotatable bonds is 6. The van der Waals surface area contributed by atoms with Crippen LogP contribution >= 0.6 is 12.4 Å². The zero-order chi connectivity index (χ0) is 17.5. The maximum atomic E-state index is 12.9. The summed E-state index contributed by atoms with van der Waals surface area (Å²) in [6.45, 7) is 2.13. The predicted molar refractivity (Wildman–Crippen MR) is 107 cm³/mol. The molecule has 1 fully saturated rings. The highest BCUT2D eigenvalue weighted by Gasteiger charge is 2.38. The summed E-state index contributed by atoms with van der Waals surface area (Å²) in [5, 5.41) is 3.17. The molecular weight excluding hydrogens is 348 g/mol. The van der Waals surface area contributed by atoms with E-state index in [1.54, 1.807) is 0 Å². The van der Waals surface area contributed by atoms with Gasteiger partial charge in [0.25, 0.3) is 0 Å². The molecule has 0 radical (unpaired) electrons. The first-order valence-electron chi connectivity index (χ1n) is 8.91. The Balaban J connectivity index is 0.00000243. The lowest BCUT2D eigenvalue weighted by Gasteiger charge is -2.35. The maximum Gasteiger partial charge on any atom is 0.227 e. The van der Waals surface area contributed by atoms with Gasteiger partial charge in [-0.15, -0.1) is 12.4 Å². The number of carbonyl (C=O) groups excluding carboxylic acids is 1.